The lowest BCUT2D eigenvalue weighted by Crippen LogP contribution is -2.00. The molecule has 11 rings (SSSR count). The van der Waals surface area contributed by atoms with E-state index in [2.05, 4.69) is 78.9 Å². The normalized spacial score (nSPS) is 11.7. The second kappa shape index (κ2) is 12.1. The highest BCUT2D eigenvalue weighted by molar-refractivity contribution is 6.23. The van der Waals surface area contributed by atoms with Crippen molar-refractivity contribution in [2.75, 3.05) is 0 Å². The van der Waals surface area contributed by atoms with Gasteiger partial charge in [0.05, 0.1) is 5.52 Å². The molecule has 0 saturated heterocycles. The average Bonchev–Trinajstić information content (AvgIpc) is 3.83. The van der Waals surface area contributed by atoms with E-state index in [1.165, 1.54) is 0 Å². The summed E-state index contributed by atoms with van der Waals surface area (Å²) >= 11 is 0. The number of rotatable bonds is 5. The minimum atomic E-state index is 0.593. The van der Waals surface area contributed by atoms with E-state index in [9.17, 15) is 0 Å². The standard InChI is InChI=1S/C48H28N4O2/c1-3-13-30(14-4-1)46-50-47(31-15-5-2-6-16-31)52-48(51-46)32-27-25-29(26-28-32)42-45-41(37-18-8-10-24-40(37)54-45)38-22-11-19-34(43(38)49-42)36-21-12-20-35-33-17-7-9-23-39(33)53-44(35)36/h1-28H. The van der Waals surface area contributed by atoms with Gasteiger partial charge < -0.3 is 8.83 Å². The number of fused-ring (bicyclic) bond motifs is 8. The van der Waals surface area contributed by atoms with Gasteiger partial charge >= 0.3 is 0 Å². The van der Waals surface area contributed by atoms with Crippen molar-refractivity contribution in [2.24, 2.45) is 0 Å². The summed E-state index contributed by atoms with van der Waals surface area (Å²) in [5.74, 6) is 1.84. The van der Waals surface area contributed by atoms with Crippen molar-refractivity contribution in [3.05, 3.63) is 170 Å². The number of para-hydroxylation sites is 4. The number of nitrogens with zero attached hydrogens (tertiary/aromatic N) is 4. The molecular formula is C48H28N4O2. The molecule has 11 aromatic rings. The molecule has 0 atom stereocenters. The smallest absolute Gasteiger partial charge is 0.164 e. The Hall–Kier alpha value is -7.44. The van der Waals surface area contributed by atoms with E-state index in [0.717, 1.165) is 93.9 Å². The molecule has 6 heteroatoms. The first-order valence-corrected chi connectivity index (χ1v) is 17.9. The topological polar surface area (TPSA) is 77.8 Å². The largest absolute Gasteiger partial charge is 0.455 e. The van der Waals surface area contributed by atoms with Crippen molar-refractivity contribution in [3.63, 3.8) is 0 Å². The van der Waals surface area contributed by atoms with Gasteiger partial charge in [0.2, 0.25) is 0 Å². The minimum Gasteiger partial charge on any atom is -0.455 e. The lowest BCUT2D eigenvalue weighted by Gasteiger charge is -2.12. The van der Waals surface area contributed by atoms with Crippen molar-refractivity contribution in [1.29, 1.82) is 0 Å². The van der Waals surface area contributed by atoms with E-state index in [1.54, 1.807) is 0 Å². The van der Waals surface area contributed by atoms with Crippen LogP contribution in [0.3, 0.4) is 0 Å². The highest BCUT2D eigenvalue weighted by Crippen LogP contribution is 2.44. The zero-order chi connectivity index (χ0) is 35.6. The fourth-order valence-electron chi connectivity index (χ4n) is 7.59. The zero-order valence-electron chi connectivity index (χ0n) is 28.8. The monoisotopic (exact) mass is 692 g/mol. The van der Waals surface area contributed by atoms with E-state index >= 15 is 0 Å². The van der Waals surface area contributed by atoms with Crippen molar-refractivity contribution >= 4 is 54.8 Å². The third-order valence-corrected chi connectivity index (χ3v) is 10.1. The molecule has 0 bridgehead atoms. The summed E-state index contributed by atoms with van der Waals surface area (Å²) in [5.41, 5.74) is 10.5. The zero-order valence-corrected chi connectivity index (χ0v) is 28.8. The van der Waals surface area contributed by atoms with Crippen LogP contribution in [0.1, 0.15) is 0 Å². The van der Waals surface area contributed by atoms with Crippen LogP contribution in [0.15, 0.2) is 179 Å². The van der Waals surface area contributed by atoms with Crippen LogP contribution in [0.2, 0.25) is 0 Å². The highest BCUT2D eigenvalue weighted by Gasteiger charge is 2.22. The Labute approximate surface area is 309 Å². The SMILES string of the molecule is c1ccc(-c2nc(-c3ccccc3)nc(-c3ccc(-c4nc5c(-c6cccc7c6oc6ccccc67)cccc5c5c4oc4ccccc45)cc3)n2)cc1. The minimum absolute atomic E-state index is 0.593. The number of furan rings is 2. The number of pyridine rings is 1. The summed E-state index contributed by atoms with van der Waals surface area (Å²) in [5, 5.41) is 5.27. The van der Waals surface area contributed by atoms with E-state index in [4.69, 9.17) is 28.8 Å². The summed E-state index contributed by atoms with van der Waals surface area (Å²) in [6, 6.07) is 57.4. The fraction of sp³-hybridized carbons (Fsp3) is 0. The van der Waals surface area contributed by atoms with E-state index in [-0.39, 0.29) is 0 Å². The molecule has 0 aliphatic rings. The molecule has 0 fully saturated rings. The maximum atomic E-state index is 6.63. The van der Waals surface area contributed by atoms with Crippen LogP contribution in [0.4, 0.5) is 0 Å². The van der Waals surface area contributed by atoms with Gasteiger partial charge in [-0.2, -0.15) is 0 Å². The van der Waals surface area contributed by atoms with Crippen LogP contribution < -0.4 is 0 Å². The van der Waals surface area contributed by atoms with Gasteiger partial charge in [-0.15, -0.1) is 0 Å². The molecule has 0 amide bonds. The van der Waals surface area contributed by atoms with Crippen LogP contribution in [-0.4, -0.2) is 19.9 Å². The summed E-state index contributed by atoms with van der Waals surface area (Å²) in [4.78, 5) is 20.2. The summed E-state index contributed by atoms with van der Waals surface area (Å²) in [6.45, 7) is 0. The molecule has 0 unspecified atom stereocenters. The molecule has 0 spiro atoms. The van der Waals surface area contributed by atoms with Gasteiger partial charge in [0.25, 0.3) is 0 Å². The van der Waals surface area contributed by atoms with Gasteiger partial charge in [0.15, 0.2) is 23.1 Å². The highest BCUT2D eigenvalue weighted by atomic mass is 16.3. The third-order valence-electron chi connectivity index (χ3n) is 10.1. The molecule has 0 N–H and O–H groups in total. The van der Waals surface area contributed by atoms with Crippen LogP contribution in [0, 0.1) is 0 Å². The Morgan fingerprint density at radius 1 is 0.315 bits per heavy atom. The molecule has 0 radical (unpaired) electrons. The number of benzene rings is 7. The Morgan fingerprint density at radius 3 is 1.46 bits per heavy atom. The molecule has 252 valence electrons. The average molecular weight is 693 g/mol. The predicted molar refractivity (Wildman–Crippen MR) is 217 cm³/mol. The maximum Gasteiger partial charge on any atom is 0.164 e. The third kappa shape index (κ3) is 4.81. The summed E-state index contributed by atoms with van der Waals surface area (Å²) < 4.78 is 13.1. The van der Waals surface area contributed by atoms with Crippen molar-refractivity contribution in [2.45, 2.75) is 0 Å². The first kappa shape index (κ1) is 30.2. The van der Waals surface area contributed by atoms with Crippen LogP contribution >= 0.6 is 0 Å². The first-order valence-electron chi connectivity index (χ1n) is 17.9. The molecule has 4 heterocycles. The van der Waals surface area contributed by atoms with Crippen LogP contribution in [0.25, 0.3) is 111 Å². The molecular weight excluding hydrogens is 665 g/mol. The Balaban J connectivity index is 1.11. The van der Waals surface area contributed by atoms with Crippen LogP contribution in [0.5, 0.6) is 0 Å². The Bertz CT molecular complexity index is 3150. The molecule has 7 aromatic carbocycles. The second-order valence-electron chi connectivity index (χ2n) is 13.4. The van der Waals surface area contributed by atoms with Gasteiger partial charge in [0, 0.05) is 60.3 Å². The Kier molecular flexibility index (Phi) is 6.75. The number of hydrogen-bond acceptors (Lipinski definition) is 6. The number of aromatic nitrogens is 4. The predicted octanol–water partition coefficient (Wildman–Crippen LogP) is 12.6. The molecule has 0 saturated carbocycles. The van der Waals surface area contributed by atoms with E-state index in [0.29, 0.717) is 17.5 Å². The van der Waals surface area contributed by atoms with E-state index in [1.807, 2.05) is 91.0 Å². The maximum absolute atomic E-state index is 6.63. The van der Waals surface area contributed by atoms with Gasteiger partial charge in [-0.25, -0.2) is 19.9 Å². The second-order valence-corrected chi connectivity index (χ2v) is 13.4. The van der Waals surface area contributed by atoms with Gasteiger partial charge in [-0.1, -0.05) is 158 Å². The lowest BCUT2D eigenvalue weighted by atomic mass is 9.96. The molecule has 0 aliphatic heterocycles. The summed E-state index contributed by atoms with van der Waals surface area (Å²) in [7, 11) is 0. The van der Waals surface area contributed by atoms with Gasteiger partial charge in [0.1, 0.15) is 22.4 Å². The van der Waals surface area contributed by atoms with Crippen molar-refractivity contribution in [1.82, 2.24) is 19.9 Å². The van der Waals surface area contributed by atoms with Gasteiger partial charge in [-0.3, -0.25) is 0 Å². The Morgan fingerprint density at radius 2 is 0.796 bits per heavy atom. The van der Waals surface area contributed by atoms with Crippen molar-refractivity contribution in [3.8, 4) is 56.5 Å². The van der Waals surface area contributed by atoms with E-state index < -0.39 is 0 Å². The fourth-order valence-corrected chi connectivity index (χ4v) is 7.59. The quantitative estimate of drug-likeness (QED) is 0.179. The van der Waals surface area contributed by atoms with Gasteiger partial charge in [-0.05, 0) is 12.1 Å². The summed E-state index contributed by atoms with van der Waals surface area (Å²) in [6.07, 6.45) is 0. The molecule has 0 aliphatic carbocycles. The molecule has 54 heavy (non-hydrogen) atoms. The van der Waals surface area contributed by atoms with Crippen LogP contribution in [-0.2, 0) is 0 Å². The van der Waals surface area contributed by atoms with Crippen molar-refractivity contribution < 1.29 is 8.83 Å². The molecule has 4 aromatic heterocycles. The lowest BCUT2D eigenvalue weighted by molar-refractivity contribution is 0.669. The molecule has 6 nitrogen and oxygen atoms in total. The number of hydrogen-bond donors (Lipinski definition) is 0. The first-order chi connectivity index (χ1) is 26.8.